The molecule has 2 amide bonds. The number of thiazole rings is 1. The summed E-state index contributed by atoms with van der Waals surface area (Å²) in [5.74, 6) is -1.15. The quantitative estimate of drug-likeness (QED) is 0.694. The van der Waals surface area contributed by atoms with Crippen LogP contribution in [0, 0.1) is 0 Å². The Hall–Kier alpha value is -2.39. The number of aliphatic hydroxyl groups excluding tert-OH is 1. The Morgan fingerprint density at radius 2 is 2.15 bits per heavy atom. The van der Waals surface area contributed by atoms with Crippen molar-refractivity contribution >= 4 is 28.3 Å². The van der Waals surface area contributed by atoms with E-state index in [4.69, 9.17) is 0 Å². The molecule has 1 atom stereocenters. The van der Waals surface area contributed by atoms with Crippen LogP contribution in [0.15, 0.2) is 30.2 Å². The molecule has 104 valence electrons. The first-order valence-corrected chi connectivity index (χ1v) is 6.46. The average molecular weight is 293 g/mol. The summed E-state index contributed by atoms with van der Waals surface area (Å²) in [6.45, 7) is -0.538. The van der Waals surface area contributed by atoms with Crippen molar-refractivity contribution in [3.05, 3.63) is 35.9 Å². The maximum Gasteiger partial charge on any atom is 0.272 e. The van der Waals surface area contributed by atoms with E-state index < -0.39 is 24.5 Å². The fourth-order valence-corrected chi connectivity index (χ4v) is 1.85. The predicted molar refractivity (Wildman–Crippen MR) is 71.1 cm³/mol. The van der Waals surface area contributed by atoms with Gasteiger partial charge >= 0.3 is 0 Å². The molecular weight excluding hydrogens is 282 g/mol. The van der Waals surface area contributed by atoms with Crippen molar-refractivity contribution in [1.29, 1.82) is 0 Å². The highest BCUT2D eigenvalue weighted by Crippen LogP contribution is 2.10. The van der Waals surface area contributed by atoms with Crippen molar-refractivity contribution in [3.63, 3.8) is 0 Å². The molecule has 1 unspecified atom stereocenters. The van der Waals surface area contributed by atoms with Gasteiger partial charge in [0, 0.05) is 24.0 Å². The number of hydrogen-bond acceptors (Lipinski definition) is 7. The van der Waals surface area contributed by atoms with Gasteiger partial charge in [0.05, 0.1) is 12.8 Å². The lowest BCUT2D eigenvalue weighted by Crippen LogP contribution is -2.46. The molecule has 0 aromatic carbocycles. The van der Waals surface area contributed by atoms with Crippen LogP contribution in [-0.2, 0) is 4.79 Å². The predicted octanol–water partition coefficient (Wildman–Crippen LogP) is -0.338. The summed E-state index contributed by atoms with van der Waals surface area (Å²) in [6, 6.07) is -1.09. The van der Waals surface area contributed by atoms with E-state index in [9.17, 15) is 14.7 Å². The van der Waals surface area contributed by atoms with Crippen LogP contribution in [0.5, 0.6) is 0 Å². The lowest BCUT2D eigenvalue weighted by Gasteiger charge is -2.14. The summed E-state index contributed by atoms with van der Waals surface area (Å²) in [5, 5.41) is 16.1. The highest BCUT2D eigenvalue weighted by Gasteiger charge is 2.21. The zero-order valence-electron chi connectivity index (χ0n) is 10.2. The number of aromatic nitrogens is 3. The molecule has 9 heteroatoms. The number of carbonyl (C=O) groups excluding carboxylic acids is 2. The van der Waals surface area contributed by atoms with Gasteiger partial charge in [-0.1, -0.05) is 0 Å². The van der Waals surface area contributed by atoms with Crippen molar-refractivity contribution in [2.75, 3.05) is 11.9 Å². The summed E-state index contributed by atoms with van der Waals surface area (Å²) in [4.78, 5) is 35.1. The molecule has 0 bridgehead atoms. The molecular formula is C11H11N5O3S. The highest BCUT2D eigenvalue weighted by molar-refractivity contribution is 7.13. The molecule has 2 aromatic heterocycles. The number of nitrogens with one attached hydrogen (secondary N) is 2. The minimum Gasteiger partial charge on any atom is -0.394 e. The normalized spacial score (nSPS) is 11.7. The van der Waals surface area contributed by atoms with E-state index >= 15 is 0 Å². The van der Waals surface area contributed by atoms with Gasteiger partial charge < -0.3 is 15.7 Å². The van der Waals surface area contributed by atoms with Crippen LogP contribution < -0.4 is 10.6 Å². The molecule has 2 aromatic rings. The van der Waals surface area contributed by atoms with Crippen LogP contribution in [-0.4, -0.2) is 44.5 Å². The second-order valence-electron chi connectivity index (χ2n) is 3.63. The Morgan fingerprint density at radius 3 is 2.75 bits per heavy atom. The molecule has 20 heavy (non-hydrogen) atoms. The van der Waals surface area contributed by atoms with Gasteiger partial charge in [-0.25, -0.2) is 9.97 Å². The van der Waals surface area contributed by atoms with E-state index in [2.05, 4.69) is 25.6 Å². The maximum atomic E-state index is 11.9. The van der Waals surface area contributed by atoms with Crippen LogP contribution in [0.4, 0.5) is 5.13 Å². The van der Waals surface area contributed by atoms with Gasteiger partial charge in [0.15, 0.2) is 5.13 Å². The molecule has 0 spiro atoms. The van der Waals surface area contributed by atoms with Crippen molar-refractivity contribution in [2.45, 2.75) is 6.04 Å². The van der Waals surface area contributed by atoms with Crippen LogP contribution in [0.3, 0.4) is 0 Å². The summed E-state index contributed by atoms with van der Waals surface area (Å²) in [5.41, 5.74) is 0.0630. The van der Waals surface area contributed by atoms with Gasteiger partial charge in [0.1, 0.15) is 11.7 Å². The average Bonchev–Trinajstić information content (AvgIpc) is 2.98. The van der Waals surface area contributed by atoms with Gasteiger partial charge in [-0.05, 0) is 0 Å². The molecule has 0 fully saturated rings. The second kappa shape index (κ2) is 6.68. The van der Waals surface area contributed by atoms with E-state index in [0.29, 0.717) is 5.13 Å². The first kappa shape index (κ1) is 14.0. The minimum absolute atomic E-state index is 0.0630. The first-order chi connectivity index (χ1) is 9.70. The molecule has 0 aliphatic carbocycles. The van der Waals surface area contributed by atoms with Gasteiger partial charge in [-0.2, -0.15) is 0 Å². The molecule has 3 N–H and O–H groups in total. The minimum atomic E-state index is -1.09. The van der Waals surface area contributed by atoms with Crippen molar-refractivity contribution in [3.8, 4) is 0 Å². The lowest BCUT2D eigenvalue weighted by molar-refractivity contribution is -0.118. The third-order valence-electron chi connectivity index (χ3n) is 2.26. The Morgan fingerprint density at radius 1 is 1.30 bits per heavy atom. The van der Waals surface area contributed by atoms with Crippen molar-refractivity contribution in [2.24, 2.45) is 0 Å². The SMILES string of the molecule is O=C(NC(CO)C(=O)Nc1nccs1)c1cnccn1. The van der Waals surface area contributed by atoms with Crippen molar-refractivity contribution < 1.29 is 14.7 Å². The Labute approximate surface area is 117 Å². The summed E-state index contributed by atoms with van der Waals surface area (Å²) >= 11 is 1.23. The first-order valence-electron chi connectivity index (χ1n) is 5.59. The molecule has 0 aliphatic rings. The fraction of sp³-hybridized carbons (Fsp3) is 0.182. The number of rotatable bonds is 5. The third-order valence-corrected chi connectivity index (χ3v) is 2.95. The molecule has 8 nitrogen and oxygen atoms in total. The molecule has 0 aliphatic heterocycles. The van der Waals surface area contributed by atoms with Gasteiger partial charge in [0.2, 0.25) is 0 Å². The smallest absolute Gasteiger partial charge is 0.272 e. The van der Waals surface area contributed by atoms with Gasteiger partial charge in [0.25, 0.3) is 11.8 Å². The van der Waals surface area contributed by atoms with E-state index in [1.54, 1.807) is 5.38 Å². The number of anilines is 1. The molecule has 0 saturated heterocycles. The second-order valence-corrected chi connectivity index (χ2v) is 4.52. The van der Waals surface area contributed by atoms with Crippen LogP contribution >= 0.6 is 11.3 Å². The topological polar surface area (TPSA) is 117 Å². The number of aliphatic hydroxyl groups is 1. The zero-order valence-corrected chi connectivity index (χ0v) is 11.0. The highest BCUT2D eigenvalue weighted by atomic mass is 32.1. The molecule has 2 rings (SSSR count). The van der Waals surface area contributed by atoms with Gasteiger partial charge in [-0.3, -0.25) is 14.6 Å². The molecule has 2 heterocycles. The summed E-state index contributed by atoms with van der Waals surface area (Å²) in [6.07, 6.45) is 5.59. The Balaban J connectivity index is 1.98. The zero-order chi connectivity index (χ0) is 14.4. The summed E-state index contributed by atoms with van der Waals surface area (Å²) in [7, 11) is 0. The van der Waals surface area contributed by atoms with Gasteiger partial charge in [-0.15, -0.1) is 11.3 Å². The fourth-order valence-electron chi connectivity index (χ4n) is 1.32. The number of nitrogens with zero attached hydrogens (tertiary/aromatic N) is 3. The van der Waals surface area contributed by atoms with Crippen molar-refractivity contribution in [1.82, 2.24) is 20.3 Å². The number of hydrogen-bond donors (Lipinski definition) is 3. The monoisotopic (exact) mass is 293 g/mol. The van der Waals surface area contributed by atoms with Crippen LogP contribution in [0.2, 0.25) is 0 Å². The summed E-state index contributed by atoms with van der Waals surface area (Å²) < 4.78 is 0. The molecule has 0 radical (unpaired) electrons. The number of carbonyl (C=O) groups is 2. The Bertz CT molecular complexity index is 575. The standard InChI is InChI=1S/C11H11N5O3S/c17-6-8(10(19)16-11-14-3-4-20-11)15-9(18)7-5-12-1-2-13-7/h1-5,8,17H,6H2,(H,15,18)(H,14,16,19). The maximum absolute atomic E-state index is 11.9. The van der Waals surface area contributed by atoms with E-state index in [0.717, 1.165) is 0 Å². The van der Waals surface area contributed by atoms with E-state index in [1.165, 1.54) is 36.1 Å². The van der Waals surface area contributed by atoms with E-state index in [-0.39, 0.29) is 5.69 Å². The largest absolute Gasteiger partial charge is 0.394 e. The lowest BCUT2D eigenvalue weighted by atomic mass is 10.2. The van der Waals surface area contributed by atoms with Crippen LogP contribution in [0.25, 0.3) is 0 Å². The third kappa shape index (κ3) is 3.56. The van der Waals surface area contributed by atoms with E-state index in [1.807, 2.05) is 0 Å². The number of amides is 2. The molecule has 0 saturated carbocycles. The van der Waals surface area contributed by atoms with Crippen LogP contribution in [0.1, 0.15) is 10.5 Å². The Kier molecular flexibility index (Phi) is 4.69.